The maximum Gasteiger partial charge on any atom is 0.247 e. The van der Waals surface area contributed by atoms with Crippen LogP contribution in [0.1, 0.15) is 31.3 Å². The summed E-state index contributed by atoms with van der Waals surface area (Å²) in [6.07, 6.45) is 8.66. The van der Waals surface area contributed by atoms with Gasteiger partial charge in [0.15, 0.2) is 12.2 Å². The van der Waals surface area contributed by atoms with Gasteiger partial charge in [-0.05, 0) is 12.6 Å². The molecule has 1 aromatic rings. The lowest BCUT2D eigenvalue weighted by Gasteiger charge is -2.24. The van der Waals surface area contributed by atoms with Crippen LogP contribution in [0, 0.1) is 5.41 Å². The number of fused-ring (bicyclic) bond motifs is 1. The van der Waals surface area contributed by atoms with E-state index in [-0.39, 0.29) is 11.3 Å². The summed E-state index contributed by atoms with van der Waals surface area (Å²) in [7, 11) is 1.77. The first kappa shape index (κ1) is 14.1. The van der Waals surface area contributed by atoms with Gasteiger partial charge in [0.1, 0.15) is 6.04 Å². The number of allylic oxidation sites excluding steroid dienone is 2. The second kappa shape index (κ2) is 5.15. The zero-order chi connectivity index (χ0) is 15.0. The number of hydrogen-bond donors (Lipinski definition) is 1. The Balaban J connectivity index is 1.81. The highest BCUT2D eigenvalue weighted by Gasteiger charge is 2.33. The smallest absolute Gasteiger partial charge is 0.247 e. The fraction of sp³-hybridized carbons (Fsp3) is 0.500. The van der Waals surface area contributed by atoms with Crippen LogP contribution in [0.25, 0.3) is 0 Å². The molecule has 1 aliphatic heterocycles. The summed E-state index contributed by atoms with van der Waals surface area (Å²) in [6.45, 7) is 5.63. The second-order valence-electron chi connectivity index (χ2n) is 6.27. The van der Waals surface area contributed by atoms with Crippen molar-refractivity contribution in [2.45, 2.75) is 26.3 Å². The van der Waals surface area contributed by atoms with Crippen molar-refractivity contribution in [3.63, 3.8) is 0 Å². The molecule has 0 spiro atoms. The van der Waals surface area contributed by atoms with Gasteiger partial charge >= 0.3 is 0 Å². The largest absolute Gasteiger partial charge is 0.446 e. The number of hydrogen-bond acceptors (Lipinski definition) is 4. The molecule has 3 rings (SSSR count). The van der Waals surface area contributed by atoms with Crippen LogP contribution in [-0.2, 0) is 11.2 Å². The molecule has 0 bridgehead atoms. The Hall–Kier alpha value is -1.88. The number of carbonyl (C=O) groups is 1. The first-order chi connectivity index (χ1) is 10.00. The monoisotopic (exact) mass is 287 g/mol. The Morgan fingerprint density at radius 1 is 1.52 bits per heavy atom. The van der Waals surface area contributed by atoms with Gasteiger partial charge in [-0.2, -0.15) is 0 Å². The van der Waals surface area contributed by atoms with E-state index in [0.717, 1.165) is 12.1 Å². The minimum atomic E-state index is -0.441. The van der Waals surface area contributed by atoms with Crippen LogP contribution in [-0.4, -0.2) is 35.9 Å². The van der Waals surface area contributed by atoms with Crippen LogP contribution in [0.5, 0.6) is 0 Å². The van der Waals surface area contributed by atoms with E-state index < -0.39 is 6.04 Å². The van der Waals surface area contributed by atoms with Crippen molar-refractivity contribution in [3.05, 3.63) is 41.6 Å². The molecule has 0 fully saturated rings. The maximum atomic E-state index is 12.7. The Kier molecular flexibility index (Phi) is 3.45. The van der Waals surface area contributed by atoms with Crippen molar-refractivity contribution in [1.82, 2.24) is 15.2 Å². The summed E-state index contributed by atoms with van der Waals surface area (Å²) in [4.78, 5) is 18.8. The van der Waals surface area contributed by atoms with Crippen molar-refractivity contribution in [2.24, 2.45) is 5.41 Å². The van der Waals surface area contributed by atoms with Crippen molar-refractivity contribution >= 4 is 5.91 Å². The zero-order valence-electron chi connectivity index (χ0n) is 12.7. The van der Waals surface area contributed by atoms with E-state index in [4.69, 9.17) is 4.42 Å². The lowest BCUT2D eigenvalue weighted by atomic mass is 9.96. The van der Waals surface area contributed by atoms with Crippen LogP contribution in [0.4, 0.5) is 0 Å². The molecule has 1 atom stereocenters. The summed E-state index contributed by atoms with van der Waals surface area (Å²) in [5, 5.41) is 3.04. The molecule has 0 saturated heterocycles. The molecule has 1 aromatic heterocycles. The van der Waals surface area contributed by atoms with Gasteiger partial charge in [0, 0.05) is 24.9 Å². The van der Waals surface area contributed by atoms with E-state index in [0.29, 0.717) is 18.8 Å². The van der Waals surface area contributed by atoms with Crippen LogP contribution < -0.4 is 5.32 Å². The van der Waals surface area contributed by atoms with Crippen molar-refractivity contribution in [1.29, 1.82) is 0 Å². The molecule has 0 radical (unpaired) electrons. The quantitative estimate of drug-likeness (QED) is 0.921. The summed E-state index contributed by atoms with van der Waals surface area (Å²) in [5.41, 5.74) is 2.15. The van der Waals surface area contributed by atoms with Gasteiger partial charge in [-0.3, -0.25) is 4.79 Å². The third-order valence-corrected chi connectivity index (χ3v) is 4.06. The highest BCUT2D eigenvalue weighted by molar-refractivity contribution is 5.83. The normalized spacial score (nSPS) is 24.0. The molecular formula is C16H21N3O2. The van der Waals surface area contributed by atoms with E-state index in [2.05, 4.69) is 42.4 Å². The van der Waals surface area contributed by atoms with Crippen LogP contribution in [0.3, 0.4) is 0 Å². The topological polar surface area (TPSA) is 58.4 Å². The molecule has 1 unspecified atom stereocenters. The van der Waals surface area contributed by atoms with E-state index in [1.54, 1.807) is 7.05 Å². The van der Waals surface area contributed by atoms with Gasteiger partial charge in [-0.15, -0.1) is 0 Å². The van der Waals surface area contributed by atoms with E-state index in [1.807, 2.05) is 4.90 Å². The molecule has 21 heavy (non-hydrogen) atoms. The molecule has 5 nitrogen and oxygen atoms in total. The summed E-state index contributed by atoms with van der Waals surface area (Å²) in [6, 6.07) is -0.441. The van der Waals surface area contributed by atoms with Gasteiger partial charge in [0.2, 0.25) is 5.91 Å². The van der Waals surface area contributed by atoms with Crippen LogP contribution in [0.15, 0.2) is 34.6 Å². The minimum absolute atomic E-state index is 0.0482. The van der Waals surface area contributed by atoms with E-state index >= 15 is 0 Å². The molecule has 1 N–H and O–H groups in total. The molecule has 112 valence electrons. The highest BCUT2D eigenvalue weighted by atomic mass is 16.3. The lowest BCUT2D eigenvalue weighted by molar-refractivity contribution is -0.133. The predicted octanol–water partition coefficient (Wildman–Crippen LogP) is 1.84. The van der Waals surface area contributed by atoms with Crippen molar-refractivity contribution < 1.29 is 9.21 Å². The third-order valence-electron chi connectivity index (χ3n) is 4.06. The van der Waals surface area contributed by atoms with Gasteiger partial charge in [0.25, 0.3) is 0 Å². The minimum Gasteiger partial charge on any atom is -0.446 e. The van der Waals surface area contributed by atoms with Crippen molar-refractivity contribution in [2.75, 3.05) is 20.1 Å². The first-order valence-electron chi connectivity index (χ1n) is 7.29. The Morgan fingerprint density at radius 2 is 2.33 bits per heavy atom. The third kappa shape index (κ3) is 2.65. The maximum absolute atomic E-state index is 12.7. The van der Waals surface area contributed by atoms with Crippen LogP contribution in [0.2, 0.25) is 0 Å². The summed E-state index contributed by atoms with van der Waals surface area (Å²) >= 11 is 0. The van der Waals surface area contributed by atoms with Crippen LogP contribution >= 0.6 is 0 Å². The second-order valence-corrected chi connectivity index (χ2v) is 6.27. The highest BCUT2D eigenvalue weighted by Crippen LogP contribution is 2.30. The van der Waals surface area contributed by atoms with E-state index in [9.17, 15) is 4.79 Å². The van der Waals surface area contributed by atoms with E-state index in [1.165, 1.54) is 12.0 Å². The van der Waals surface area contributed by atoms with Gasteiger partial charge < -0.3 is 14.6 Å². The fourth-order valence-electron chi connectivity index (χ4n) is 2.97. The standard InChI is InChI=1S/C16H21N3O2/c1-16(2)6-4-11(8-16)9-19-7-5-12-14(21-10-18-12)13(17-3)15(19)20/h4,6,8,10,13,17H,5,7,9H2,1-3H3. The zero-order valence-corrected chi connectivity index (χ0v) is 12.7. The summed E-state index contributed by atoms with van der Waals surface area (Å²) < 4.78 is 5.41. The number of carbonyl (C=O) groups excluding carboxylic acids is 1. The van der Waals surface area contributed by atoms with Crippen molar-refractivity contribution in [3.8, 4) is 0 Å². The molecule has 0 saturated carbocycles. The number of nitrogens with one attached hydrogen (secondary N) is 1. The number of rotatable bonds is 3. The Morgan fingerprint density at radius 3 is 3.00 bits per heavy atom. The first-order valence-corrected chi connectivity index (χ1v) is 7.29. The molecule has 1 amide bonds. The molecule has 5 heteroatoms. The van der Waals surface area contributed by atoms with Gasteiger partial charge in [0.05, 0.1) is 5.69 Å². The van der Waals surface area contributed by atoms with Gasteiger partial charge in [-0.1, -0.05) is 32.1 Å². The number of nitrogens with zero attached hydrogens (tertiary/aromatic N) is 2. The lowest BCUT2D eigenvalue weighted by Crippen LogP contribution is -2.39. The average Bonchev–Trinajstić information content (AvgIpc) is 2.99. The average molecular weight is 287 g/mol. The molecule has 2 aliphatic rings. The number of oxazole rings is 1. The Labute approximate surface area is 124 Å². The number of aromatic nitrogens is 1. The SMILES string of the molecule is CNC1C(=O)N(CC2=CC(C)(C)C=C2)CCc2ncoc21. The number of likely N-dealkylation sites (N-methyl/N-ethyl adjacent to an activating group) is 1. The Bertz CT molecular complexity index is 613. The summed E-state index contributed by atoms with van der Waals surface area (Å²) in [5.74, 6) is 0.702. The fourth-order valence-corrected chi connectivity index (χ4v) is 2.97. The predicted molar refractivity (Wildman–Crippen MR) is 79.6 cm³/mol. The molecule has 2 heterocycles. The molecule has 1 aliphatic carbocycles. The molecular weight excluding hydrogens is 266 g/mol. The van der Waals surface area contributed by atoms with Gasteiger partial charge in [-0.25, -0.2) is 4.98 Å². The number of amides is 1. The molecule has 0 aromatic carbocycles.